The van der Waals surface area contributed by atoms with Gasteiger partial charge in [0.1, 0.15) is 18.2 Å². The average molecular weight is 375 g/mol. The Bertz CT molecular complexity index is 427. The van der Waals surface area contributed by atoms with Crippen molar-refractivity contribution in [1.82, 2.24) is 10.2 Å². The smallest absolute Gasteiger partial charge is 0.408 e. The monoisotopic (exact) mass is 374 g/mol. The van der Waals surface area contributed by atoms with Crippen LogP contribution in [0, 0.1) is 5.92 Å². The van der Waals surface area contributed by atoms with Gasteiger partial charge in [-0.1, -0.05) is 34.6 Å². The van der Waals surface area contributed by atoms with E-state index >= 15 is 0 Å². The minimum absolute atomic E-state index is 0.192. The average Bonchev–Trinajstić information content (AvgIpc) is 3.01. The largest absolute Gasteiger partial charge is 0.467 e. The third-order valence-corrected chi connectivity index (χ3v) is 2.83. The first-order chi connectivity index (χ1) is 12.0. The maximum absolute atomic E-state index is 12.0. The zero-order chi connectivity index (χ0) is 20.9. The SMILES string of the molecule is CC.CC(C)C.COC(=O)C1CCCN1C(=O)CNC(=O)OC(C)(C)C. The zero-order valence-electron chi connectivity index (χ0n) is 18.0. The van der Waals surface area contributed by atoms with Crippen molar-refractivity contribution >= 4 is 18.0 Å². The molecular formula is C19H38N2O5. The van der Waals surface area contributed by atoms with E-state index in [1.165, 1.54) is 12.0 Å². The van der Waals surface area contributed by atoms with E-state index in [9.17, 15) is 14.4 Å². The van der Waals surface area contributed by atoms with E-state index in [0.717, 1.165) is 12.3 Å². The number of carbonyl (C=O) groups is 3. The van der Waals surface area contributed by atoms with Gasteiger partial charge in [0.05, 0.1) is 7.11 Å². The number of rotatable bonds is 3. The number of esters is 1. The summed E-state index contributed by atoms with van der Waals surface area (Å²) in [6.45, 7) is 16.0. The Morgan fingerprint density at radius 3 is 2.08 bits per heavy atom. The third kappa shape index (κ3) is 12.6. The van der Waals surface area contributed by atoms with Crippen molar-refractivity contribution in [3.05, 3.63) is 0 Å². The van der Waals surface area contributed by atoms with Gasteiger partial charge in [0.25, 0.3) is 0 Å². The number of nitrogens with zero attached hydrogens (tertiary/aromatic N) is 1. The second-order valence-electron chi connectivity index (χ2n) is 7.36. The van der Waals surface area contributed by atoms with Crippen molar-refractivity contribution in [2.75, 3.05) is 20.2 Å². The standard InChI is InChI=1S/C13H22N2O5.C4H10.C2H6/c1-13(2,3)20-12(18)14-8-10(16)15-7-5-6-9(15)11(17)19-4;1-4(2)3;1-2/h9H,5-8H2,1-4H3,(H,14,18);4H,1-3H3;1-2H3. The molecule has 0 aromatic rings. The van der Waals surface area contributed by atoms with Gasteiger partial charge in [-0.05, 0) is 39.5 Å². The van der Waals surface area contributed by atoms with Crippen LogP contribution in [-0.4, -0.2) is 54.7 Å². The van der Waals surface area contributed by atoms with Gasteiger partial charge in [0, 0.05) is 6.54 Å². The molecule has 0 bridgehead atoms. The minimum Gasteiger partial charge on any atom is -0.467 e. The summed E-state index contributed by atoms with van der Waals surface area (Å²) in [6.07, 6.45) is 0.683. The Morgan fingerprint density at radius 2 is 1.65 bits per heavy atom. The van der Waals surface area contributed by atoms with Crippen molar-refractivity contribution in [1.29, 1.82) is 0 Å². The number of likely N-dealkylation sites (tertiary alicyclic amines) is 1. The summed E-state index contributed by atoms with van der Waals surface area (Å²) in [6, 6.07) is -0.548. The molecule has 1 heterocycles. The van der Waals surface area contributed by atoms with Crippen LogP contribution in [0.25, 0.3) is 0 Å². The molecule has 1 N–H and O–H groups in total. The maximum atomic E-state index is 12.0. The van der Waals surface area contributed by atoms with Gasteiger partial charge in [-0.15, -0.1) is 0 Å². The summed E-state index contributed by atoms with van der Waals surface area (Å²) in [7, 11) is 1.29. The Balaban J connectivity index is 0. The number of hydrogen-bond acceptors (Lipinski definition) is 5. The number of carbonyl (C=O) groups excluding carboxylic acids is 3. The first kappa shape index (κ1) is 26.4. The van der Waals surface area contributed by atoms with Crippen molar-refractivity contribution < 1.29 is 23.9 Å². The number of nitrogens with one attached hydrogen (secondary N) is 1. The van der Waals surface area contributed by atoms with Gasteiger partial charge in [0.15, 0.2) is 0 Å². The zero-order valence-corrected chi connectivity index (χ0v) is 18.0. The van der Waals surface area contributed by atoms with Crippen LogP contribution in [0.4, 0.5) is 4.79 Å². The summed E-state index contributed by atoms with van der Waals surface area (Å²) in [5.41, 5.74) is -0.616. The van der Waals surface area contributed by atoms with Crippen LogP contribution in [0.2, 0.25) is 0 Å². The van der Waals surface area contributed by atoms with E-state index < -0.39 is 23.7 Å². The molecular weight excluding hydrogens is 336 g/mol. The lowest BCUT2D eigenvalue weighted by molar-refractivity contribution is -0.150. The van der Waals surface area contributed by atoms with Crippen LogP contribution in [0.15, 0.2) is 0 Å². The molecule has 7 heteroatoms. The van der Waals surface area contributed by atoms with Gasteiger partial charge in [0.2, 0.25) is 5.91 Å². The summed E-state index contributed by atoms with van der Waals surface area (Å²) in [5.74, 6) is 0.0943. The highest BCUT2D eigenvalue weighted by molar-refractivity contribution is 5.87. The fourth-order valence-corrected chi connectivity index (χ4v) is 2.01. The van der Waals surface area contributed by atoms with E-state index in [0.29, 0.717) is 13.0 Å². The molecule has 1 aliphatic rings. The Labute approximate surface area is 158 Å². The highest BCUT2D eigenvalue weighted by Crippen LogP contribution is 2.18. The molecule has 1 unspecified atom stereocenters. The van der Waals surface area contributed by atoms with Crippen LogP contribution < -0.4 is 5.32 Å². The molecule has 2 amide bonds. The predicted octanol–water partition coefficient (Wildman–Crippen LogP) is 3.36. The van der Waals surface area contributed by atoms with Crippen molar-refractivity contribution in [2.24, 2.45) is 5.92 Å². The second-order valence-corrected chi connectivity index (χ2v) is 7.36. The van der Waals surface area contributed by atoms with Crippen LogP contribution >= 0.6 is 0 Å². The molecule has 26 heavy (non-hydrogen) atoms. The van der Waals surface area contributed by atoms with Crippen molar-refractivity contribution in [3.63, 3.8) is 0 Å². The van der Waals surface area contributed by atoms with E-state index in [1.54, 1.807) is 20.8 Å². The quantitative estimate of drug-likeness (QED) is 0.766. The lowest BCUT2D eigenvalue weighted by Gasteiger charge is -2.23. The molecule has 0 spiro atoms. The molecule has 0 aromatic carbocycles. The van der Waals surface area contributed by atoms with Gasteiger partial charge in [-0.3, -0.25) is 4.79 Å². The molecule has 154 valence electrons. The van der Waals surface area contributed by atoms with Crippen LogP contribution in [-0.2, 0) is 19.1 Å². The van der Waals surface area contributed by atoms with Crippen molar-refractivity contribution in [3.8, 4) is 0 Å². The number of alkyl carbamates (subject to hydrolysis) is 1. The minimum atomic E-state index is -0.653. The first-order valence-corrected chi connectivity index (χ1v) is 9.32. The van der Waals surface area contributed by atoms with E-state index in [1.807, 2.05) is 13.8 Å². The molecule has 0 aromatic heterocycles. The van der Waals surface area contributed by atoms with Crippen LogP contribution in [0.3, 0.4) is 0 Å². The molecule has 1 fully saturated rings. The van der Waals surface area contributed by atoms with Gasteiger partial charge < -0.3 is 19.7 Å². The fourth-order valence-electron chi connectivity index (χ4n) is 2.01. The summed E-state index contributed by atoms with van der Waals surface area (Å²) >= 11 is 0. The summed E-state index contributed by atoms with van der Waals surface area (Å²) in [5, 5.41) is 2.39. The molecule has 7 nitrogen and oxygen atoms in total. The maximum Gasteiger partial charge on any atom is 0.408 e. The fraction of sp³-hybridized carbons (Fsp3) is 0.842. The van der Waals surface area contributed by atoms with Crippen molar-refractivity contribution in [2.45, 2.75) is 79.9 Å². The second kappa shape index (κ2) is 13.4. The Morgan fingerprint density at radius 1 is 1.15 bits per heavy atom. The lowest BCUT2D eigenvalue weighted by Crippen LogP contribution is -2.46. The topological polar surface area (TPSA) is 84.9 Å². The predicted molar refractivity (Wildman–Crippen MR) is 103 cm³/mol. The van der Waals surface area contributed by atoms with Gasteiger partial charge in [-0.2, -0.15) is 0 Å². The first-order valence-electron chi connectivity index (χ1n) is 9.32. The summed E-state index contributed by atoms with van der Waals surface area (Å²) in [4.78, 5) is 36.4. The van der Waals surface area contributed by atoms with Crippen LogP contribution in [0.5, 0.6) is 0 Å². The molecule has 0 radical (unpaired) electrons. The van der Waals surface area contributed by atoms with E-state index in [-0.39, 0.29) is 12.5 Å². The normalized spacial score (nSPS) is 15.9. The van der Waals surface area contributed by atoms with Gasteiger partial charge >= 0.3 is 12.1 Å². The Kier molecular flexibility index (Phi) is 13.6. The van der Waals surface area contributed by atoms with E-state index in [2.05, 4.69) is 30.8 Å². The molecule has 1 aliphatic heterocycles. The Hall–Kier alpha value is -1.79. The molecule has 1 saturated heterocycles. The summed E-state index contributed by atoms with van der Waals surface area (Å²) < 4.78 is 9.69. The molecule has 0 saturated carbocycles. The van der Waals surface area contributed by atoms with E-state index in [4.69, 9.17) is 4.74 Å². The molecule has 0 aliphatic carbocycles. The third-order valence-electron chi connectivity index (χ3n) is 2.83. The number of methoxy groups -OCH3 is 1. The van der Waals surface area contributed by atoms with Gasteiger partial charge in [-0.25, -0.2) is 9.59 Å². The number of hydrogen-bond donors (Lipinski definition) is 1. The highest BCUT2D eigenvalue weighted by Gasteiger charge is 2.34. The number of amides is 2. The van der Waals surface area contributed by atoms with Crippen LogP contribution in [0.1, 0.15) is 68.2 Å². The highest BCUT2D eigenvalue weighted by atomic mass is 16.6. The number of ether oxygens (including phenoxy) is 2. The molecule has 1 rings (SSSR count). The molecule has 1 atom stereocenters. The lowest BCUT2D eigenvalue weighted by atomic mass is 10.2.